The van der Waals surface area contributed by atoms with Crippen LogP contribution in [0, 0.1) is 12.8 Å². The number of fused-ring (bicyclic) bond motifs is 1. The number of rotatable bonds is 4. The number of aliphatic hydroxyl groups is 1. The number of carbonyl (C=O) groups is 1. The number of aromatic amines is 1. The Bertz CT molecular complexity index is 656. The molecular formula is C17H22N2O2. The first-order chi connectivity index (χ1) is 10.1. The van der Waals surface area contributed by atoms with Crippen LogP contribution in [0.15, 0.2) is 24.3 Å². The van der Waals surface area contributed by atoms with Crippen LogP contribution >= 0.6 is 0 Å². The number of H-pyrrole nitrogens is 1. The fourth-order valence-electron chi connectivity index (χ4n) is 3.13. The predicted octanol–water partition coefficient (Wildman–Crippen LogP) is 2.76. The van der Waals surface area contributed by atoms with Crippen LogP contribution in [0.4, 0.5) is 0 Å². The minimum atomic E-state index is -0.183. The summed E-state index contributed by atoms with van der Waals surface area (Å²) in [6.07, 6.45) is 2.30. The number of amides is 1. The number of aromatic nitrogens is 1. The topological polar surface area (TPSA) is 65.1 Å². The van der Waals surface area contributed by atoms with Crippen LogP contribution in [-0.4, -0.2) is 28.1 Å². The third kappa shape index (κ3) is 2.81. The highest BCUT2D eigenvalue weighted by Gasteiger charge is 2.34. The van der Waals surface area contributed by atoms with E-state index in [1.54, 1.807) is 0 Å². The quantitative estimate of drug-likeness (QED) is 0.809. The van der Waals surface area contributed by atoms with E-state index in [2.05, 4.69) is 23.3 Å². The molecule has 0 spiro atoms. The van der Waals surface area contributed by atoms with E-state index in [4.69, 9.17) is 0 Å². The van der Waals surface area contributed by atoms with Gasteiger partial charge in [-0.05, 0) is 50.3 Å². The lowest BCUT2D eigenvalue weighted by Crippen LogP contribution is -2.46. The Labute approximate surface area is 124 Å². The van der Waals surface area contributed by atoms with Crippen LogP contribution in [0.2, 0.25) is 0 Å². The Morgan fingerprint density at radius 1 is 1.43 bits per heavy atom. The van der Waals surface area contributed by atoms with Crippen molar-refractivity contribution in [1.82, 2.24) is 10.3 Å². The van der Waals surface area contributed by atoms with Crippen LogP contribution in [0.3, 0.4) is 0 Å². The molecule has 4 heteroatoms. The lowest BCUT2D eigenvalue weighted by atomic mass is 9.76. The molecule has 0 radical (unpaired) electrons. The third-order valence-corrected chi connectivity index (χ3v) is 4.50. The van der Waals surface area contributed by atoms with E-state index in [0.717, 1.165) is 30.2 Å². The smallest absolute Gasteiger partial charge is 0.267 e. The number of benzene rings is 1. The monoisotopic (exact) mass is 286 g/mol. The first kappa shape index (κ1) is 14.1. The van der Waals surface area contributed by atoms with E-state index in [1.807, 2.05) is 25.1 Å². The molecule has 1 aromatic carbocycles. The van der Waals surface area contributed by atoms with Gasteiger partial charge >= 0.3 is 0 Å². The van der Waals surface area contributed by atoms with Gasteiger partial charge in [-0.15, -0.1) is 0 Å². The minimum Gasteiger partial charge on any atom is -0.393 e. The van der Waals surface area contributed by atoms with Crippen molar-refractivity contribution >= 4 is 16.8 Å². The van der Waals surface area contributed by atoms with Gasteiger partial charge in [0.25, 0.3) is 5.91 Å². The fourth-order valence-corrected chi connectivity index (χ4v) is 3.13. The molecule has 2 aromatic rings. The number of hydrogen-bond donors (Lipinski definition) is 3. The molecule has 1 amide bonds. The van der Waals surface area contributed by atoms with Gasteiger partial charge in [0, 0.05) is 16.9 Å². The average Bonchev–Trinajstić information content (AvgIpc) is 2.84. The molecule has 1 aliphatic rings. The van der Waals surface area contributed by atoms with E-state index in [-0.39, 0.29) is 18.1 Å². The molecule has 21 heavy (non-hydrogen) atoms. The summed E-state index contributed by atoms with van der Waals surface area (Å²) in [6, 6.07) is 8.16. The highest BCUT2D eigenvalue weighted by atomic mass is 16.3. The van der Waals surface area contributed by atoms with Gasteiger partial charge in [0.1, 0.15) is 5.69 Å². The normalized spacial score (nSPS) is 22.8. The molecule has 1 aliphatic carbocycles. The second-order valence-corrected chi connectivity index (χ2v) is 6.15. The molecule has 3 rings (SSSR count). The molecule has 0 aliphatic heterocycles. The van der Waals surface area contributed by atoms with E-state index in [1.165, 1.54) is 5.56 Å². The van der Waals surface area contributed by atoms with Crippen molar-refractivity contribution in [3.8, 4) is 0 Å². The Morgan fingerprint density at radius 2 is 2.19 bits per heavy atom. The molecule has 0 unspecified atom stereocenters. The van der Waals surface area contributed by atoms with Crippen molar-refractivity contribution in [2.75, 3.05) is 0 Å². The van der Waals surface area contributed by atoms with Crippen LogP contribution in [0.5, 0.6) is 0 Å². The maximum absolute atomic E-state index is 12.4. The minimum absolute atomic E-state index is 0.0582. The molecule has 0 bridgehead atoms. The summed E-state index contributed by atoms with van der Waals surface area (Å²) in [5.41, 5.74) is 2.77. The summed E-state index contributed by atoms with van der Waals surface area (Å²) >= 11 is 0. The Hall–Kier alpha value is -1.81. The van der Waals surface area contributed by atoms with E-state index in [9.17, 15) is 9.90 Å². The van der Waals surface area contributed by atoms with E-state index >= 15 is 0 Å². The Morgan fingerprint density at radius 3 is 2.86 bits per heavy atom. The maximum Gasteiger partial charge on any atom is 0.267 e. The van der Waals surface area contributed by atoms with Crippen LogP contribution < -0.4 is 5.32 Å². The Kier molecular flexibility index (Phi) is 3.72. The lowest BCUT2D eigenvalue weighted by molar-refractivity contribution is 0.0232. The van der Waals surface area contributed by atoms with Crippen molar-refractivity contribution in [2.45, 2.75) is 45.3 Å². The van der Waals surface area contributed by atoms with E-state index < -0.39 is 0 Å². The van der Waals surface area contributed by atoms with Gasteiger partial charge in [-0.2, -0.15) is 0 Å². The highest BCUT2D eigenvalue weighted by molar-refractivity contribution is 5.98. The first-order valence-corrected chi connectivity index (χ1v) is 7.65. The second kappa shape index (κ2) is 5.53. The SMILES string of the molecule is CC[C@H](NC(=O)c1cc2cc(C)ccc2[nH]1)C1CC(O)C1. The fraction of sp³-hybridized carbons (Fsp3) is 0.471. The maximum atomic E-state index is 12.4. The third-order valence-electron chi connectivity index (χ3n) is 4.50. The van der Waals surface area contributed by atoms with Gasteiger partial charge in [-0.25, -0.2) is 0 Å². The van der Waals surface area contributed by atoms with Gasteiger partial charge in [-0.1, -0.05) is 18.6 Å². The van der Waals surface area contributed by atoms with Crippen molar-refractivity contribution in [2.24, 2.45) is 5.92 Å². The zero-order valence-corrected chi connectivity index (χ0v) is 12.5. The summed E-state index contributed by atoms with van der Waals surface area (Å²) in [6.45, 7) is 4.12. The number of nitrogens with one attached hydrogen (secondary N) is 2. The van der Waals surface area contributed by atoms with Crippen LogP contribution in [0.1, 0.15) is 42.2 Å². The standard InChI is InChI=1S/C17H22N2O2/c1-3-14(12-7-13(20)8-12)19-17(21)16-9-11-6-10(2)4-5-15(11)18-16/h4-6,9,12-14,18,20H,3,7-8H2,1-2H3,(H,19,21)/t12?,13?,14-/m0/s1. The molecule has 1 saturated carbocycles. The zero-order valence-electron chi connectivity index (χ0n) is 12.5. The van der Waals surface area contributed by atoms with Crippen LogP contribution in [0.25, 0.3) is 10.9 Å². The summed E-state index contributed by atoms with van der Waals surface area (Å²) in [4.78, 5) is 15.6. The number of aliphatic hydroxyl groups excluding tert-OH is 1. The number of aryl methyl sites for hydroxylation is 1. The molecular weight excluding hydrogens is 264 g/mol. The molecule has 0 saturated heterocycles. The van der Waals surface area contributed by atoms with Gasteiger partial charge in [0.2, 0.25) is 0 Å². The molecule has 3 N–H and O–H groups in total. The van der Waals surface area contributed by atoms with Crippen LogP contribution in [-0.2, 0) is 0 Å². The molecule has 1 heterocycles. The second-order valence-electron chi connectivity index (χ2n) is 6.15. The lowest BCUT2D eigenvalue weighted by Gasteiger charge is -2.37. The van der Waals surface area contributed by atoms with E-state index in [0.29, 0.717) is 11.6 Å². The number of hydrogen-bond acceptors (Lipinski definition) is 2. The van der Waals surface area contributed by atoms with Gasteiger partial charge < -0.3 is 15.4 Å². The Balaban J connectivity index is 1.73. The average molecular weight is 286 g/mol. The van der Waals surface area contributed by atoms with Gasteiger partial charge in [-0.3, -0.25) is 4.79 Å². The van der Waals surface area contributed by atoms with Crippen molar-refractivity contribution < 1.29 is 9.90 Å². The summed E-state index contributed by atoms with van der Waals surface area (Å²) < 4.78 is 0. The largest absolute Gasteiger partial charge is 0.393 e. The summed E-state index contributed by atoms with van der Waals surface area (Å²) in [7, 11) is 0. The first-order valence-electron chi connectivity index (χ1n) is 7.65. The van der Waals surface area contributed by atoms with Crippen molar-refractivity contribution in [1.29, 1.82) is 0 Å². The summed E-state index contributed by atoms with van der Waals surface area (Å²) in [5, 5.41) is 13.6. The van der Waals surface area contributed by atoms with Crippen molar-refractivity contribution in [3.05, 3.63) is 35.5 Å². The summed E-state index contributed by atoms with van der Waals surface area (Å²) in [5.74, 6) is 0.345. The van der Waals surface area contributed by atoms with Gasteiger partial charge in [0.15, 0.2) is 0 Å². The molecule has 112 valence electrons. The van der Waals surface area contributed by atoms with Gasteiger partial charge in [0.05, 0.1) is 6.10 Å². The highest BCUT2D eigenvalue weighted by Crippen LogP contribution is 2.31. The number of carbonyl (C=O) groups excluding carboxylic acids is 1. The van der Waals surface area contributed by atoms with Crippen molar-refractivity contribution in [3.63, 3.8) is 0 Å². The predicted molar refractivity (Wildman–Crippen MR) is 83.3 cm³/mol. The zero-order chi connectivity index (χ0) is 15.0. The molecule has 1 atom stereocenters. The molecule has 1 aromatic heterocycles. The molecule has 4 nitrogen and oxygen atoms in total. The molecule has 1 fully saturated rings.